The number of aromatic nitrogens is 2. The lowest BCUT2D eigenvalue weighted by molar-refractivity contribution is -0.133. The predicted molar refractivity (Wildman–Crippen MR) is 97.6 cm³/mol. The number of rotatable bonds is 5. The molecule has 3 rings (SSSR count). The third-order valence-corrected chi connectivity index (χ3v) is 6.25. The molecule has 1 amide bonds. The monoisotopic (exact) mass is 377 g/mol. The van der Waals surface area contributed by atoms with Gasteiger partial charge in [0.25, 0.3) is 0 Å². The van der Waals surface area contributed by atoms with Crippen molar-refractivity contribution in [1.29, 1.82) is 0 Å². The third kappa shape index (κ3) is 4.24. The molecule has 2 aromatic rings. The van der Waals surface area contributed by atoms with Crippen molar-refractivity contribution in [1.82, 2.24) is 14.7 Å². The molecule has 0 bridgehead atoms. The minimum absolute atomic E-state index is 0.00859. The molecule has 0 N–H and O–H groups in total. The fourth-order valence-corrected chi connectivity index (χ4v) is 4.71. The highest BCUT2D eigenvalue weighted by molar-refractivity contribution is 7.91. The van der Waals surface area contributed by atoms with E-state index < -0.39 is 15.9 Å². The first-order chi connectivity index (χ1) is 12.4. The summed E-state index contributed by atoms with van der Waals surface area (Å²) in [5.74, 6) is 0.668. The van der Waals surface area contributed by atoms with E-state index >= 15 is 0 Å². The number of ether oxygens (including phenoxy) is 1. The Balaban J connectivity index is 1.73. The topological polar surface area (TPSA) is 81.5 Å². The van der Waals surface area contributed by atoms with E-state index in [1.165, 1.54) is 0 Å². The maximum absolute atomic E-state index is 12.8. The van der Waals surface area contributed by atoms with E-state index in [9.17, 15) is 13.2 Å². The maximum atomic E-state index is 12.8. The molecule has 1 fully saturated rings. The minimum atomic E-state index is -3.16. The number of benzene rings is 1. The molecule has 0 aliphatic carbocycles. The van der Waals surface area contributed by atoms with Crippen molar-refractivity contribution in [2.75, 3.05) is 25.2 Å². The maximum Gasteiger partial charge on any atom is 0.223 e. The SMILES string of the molecule is COc1cccc(CCC(=O)N2CCS(=O)(=O)C[C@@H]2c2cnn(C)c2)c1. The van der Waals surface area contributed by atoms with Gasteiger partial charge >= 0.3 is 0 Å². The molecular weight excluding hydrogens is 354 g/mol. The number of sulfone groups is 1. The van der Waals surface area contributed by atoms with Crippen LogP contribution in [0.1, 0.15) is 23.6 Å². The molecule has 140 valence electrons. The first-order valence-electron chi connectivity index (χ1n) is 8.49. The Bertz CT molecular complexity index is 891. The zero-order chi connectivity index (χ0) is 18.7. The number of methoxy groups -OCH3 is 1. The molecule has 8 heteroatoms. The van der Waals surface area contributed by atoms with E-state index in [1.54, 1.807) is 36.1 Å². The van der Waals surface area contributed by atoms with Gasteiger partial charge in [0, 0.05) is 31.8 Å². The lowest BCUT2D eigenvalue weighted by atomic mass is 10.1. The molecule has 2 heterocycles. The van der Waals surface area contributed by atoms with Crippen molar-refractivity contribution in [3.05, 3.63) is 47.8 Å². The van der Waals surface area contributed by atoms with E-state index in [1.807, 2.05) is 24.3 Å². The van der Waals surface area contributed by atoms with Crippen molar-refractivity contribution in [2.45, 2.75) is 18.9 Å². The Morgan fingerprint density at radius 2 is 2.19 bits per heavy atom. The van der Waals surface area contributed by atoms with Crippen LogP contribution in [0, 0.1) is 0 Å². The smallest absolute Gasteiger partial charge is 0.223 e. The van der Waals surface area contributed by atoms with Crippen LogP contribution in [0.5, 0.6) is 5.75 Å². The molecular formula is C18H23N3O4S. The number of amides is 1. The number of hydrogen-bond donors (Lipinski definition) is 0. The summed E-state index contributed by atoms with van der Waals surface area (Å²) in [6.07, 6.45) is 4.31. The summed E-state index contributed by atoms with van der Waals surface area (Å²) in [7, 11) is 0.221. The average Bonchev–Trinajstić information content (AvgIpc) is 3.05. The average molecular weight is 377 g/mol. The summed E-state index contributed by atoms with van der Waals surface area (Å²) >= 11 is 0. The van der Waals surface area contributed by atoms with E-state index in [2.05, 4.69) is 5.10 Å². The summed E-state index contributed by atoms with van der Waals surface area (Å²) in [5.41, 5.74) is 1.77. The molecule has 0 spiro atoms. The number of carbonyl (C=O) groups excluding carboxylic acids is 1. The molecule has 1 saturated heterocycles. The summed E-state index contributed by atoms with van der Waals surface area (Å²) in [5, 5.41) is 4.12. The van der Waals surface area contributed by atoms with Crippen LogP contribution >= 0.6 is 0 Å². The zero-order valence-corrected chi connectivity index (χ0v) is 15.8. The van der Waals surface area contributed by atoms with Crippen LogP contribution in [-0.2, 0) is 28.1 Å². The van der Waals surface area contributed by atoms with Crippen LogP contribution in [0.25, 0.3) is 0 Å². The lowest BCUT2D eigenvalue weighted by Crippen LogP contribution is -2.46. The zero-order valence-electron chi connectivity index (χ0n) is 15.0. The molecule has 7 nitrogen and oxygen atoms in total. The molecule has 0 unspecified atom stereocenters. The van der Waals surface area contributed by atoms with Crippen molar-refractivity contribution >= 4 is 15.7 Å². The first kappa shape index (κ1) is 18.4. The number of nitrogens with zero attached hydrogens (tertiary/aromatic N) is 3. The predicted octanol–water partition coefficient (Wildman–Crippen LogP) is 1.36. The van der Waals surface area contributed by atoms with Gasteiger partial charge in [0.1, 0.15) is 5.75 Å². The van der Waals surface area contributed by atoms with Gasteiger partial charge in [0.2, 0.25) is 5.91 Å². The minimum Gasteiger partial charge on any atom is -0.497 e. The highest BCUT2D eigenvalue weighted by Crippen LogP contribution is 2.27. The Kier molecular flexibility index (Phi) is 5.31. The number of carbonyl (C=O) groups is 1. The van der Waals surface area contributed by atoms with Gasteiger partial charge in [-0.2, -0.15) is 5.10 Å². The van der Waals surface area contributed by atoms with Crippen molar-refractivity contribution < 1.29 is 17.9 Å². The molecule has 1 aliphatic heterocycles. The Morgan fingerprint density at radius 3 is 2.88 bits per heavy atom. The van der Waals surface area contributed by atoms with Crippen LogP contribution in [0.4, 0.5) is 0 Å². The van der Waals surface area contributed by atoms with Gasteiger partial charge in [-0.1, -0.05) is 12.1 Å². The fourth-order valence-electron chi connectivity index (χ4n) is 3.22. The second-order valence-corrected chi connectivity index (χ2v) is 8.74. The fraction of sp³-hybridized carbons (Fsp3) is 0.444. The Hall–Kier alpha value is -2.35. The Labute approximate surface area is 153 Å². The van der Waals surface area contributed by atoms with Gasteiger partial charge in [-0.05, 0) is 24.1 Å². The van der Waals surface area contributed by atoms with Gasteiger partial charge in [0.05, 0.1) is 30.9 Å². The highest BCUT2D eigenvalue weighted by atomic mass is 32.2. The molecule has 0 radical (unpaired) electrons. The van der Waals surface area contributed by atoms with Crippen molar-refractivity contribution in [3.8, 4) is 5.75 Å². The summed E-state index contributed by atoms with van der Waals surface area (Å²) in [6.45, 7) is 0.221. The molecule has 0 saturated carbocycles. The van der Waals surface area contributed by atoms with Crippen LogP contribution in [0.15, 0.2) is 36.7 Å². The molecule has 26 heavy (non-hydrogen) atoms. The van der Waals surface area contributed by atoms with Crippen LogP contribution in [0.3, 0.4) is 0 Å². The van der Waals surface area contributed by atoms with E-state index in [0.717, 1.165) is 16.9 Å². The van der Waals surface area contributed by atoms with Crippen LogP contribution in [0.2, 0.25) is 0 Å². The van der Waals surface area contributed by atoms with Crippen molar-refractivity contribution in [2.24, 2.45) is 7.05 Å². The van der Waals surface area contributed by atoms with Crippen LogP contribution in [-0.4, -0.2) is 54.2 Å². The number of aryl methyl sites for hydroxylation is 2. The Morgan fingerprint density at radius 1 is 1.38 bits per heavy atom. The standard InChI is InChI=1S/C18H23N3O4S/c1-20-12-15(11-19-20)17-13-26(23,24)9-8-21(17)18(22)7-6-14-4-3-5-16(10-14)25-2/h3-5,10-12,17H,6-9,13H2,1-2H3/t17-/m1/s1. The van der Waals surface area contributed by atoms with Gasteiger partial charge in [-0.25, -0.2) is 8.42 Å². The largest absolute Gasteiger partial charge is 0.497 e. The van der Waals surface area contributed by atoms with E-state index in [4.69, 9.17) is 4.74 Å². The molecule has 1 aliphatic rings. The van der Waals surface area contributed by atoms with Gasteiger partial charge in [0.15, 0.2) is 9.84 Å². The highest BCUT2D eigenvalue weighted by Gasteiger charge is 2.35. The molecule has 1 atom stereocenters. The van der Waals surface area contributed by atoms with Gasteiger partial charge in [-0.3, -0.25) is 9.48 Å². The van der Waals surface area contributed by atoms with Crippen LogP contribution < -0.4 is 4.74 Å². The summed E-state index contributed by atoms with van der Waals surface area (Å²) in [6, 6.07) is 7.14. The van der Waals surface area contributed by atoms with Crippen molar-refractivity contribution in [3.63, 3.8) is 0 Å². The quantitative estimate of drug-likeness (QED) is 0.786. The second kappa shape index (κ2) is 7.49. The molecule has 1 aromatic heterocycles. The van der Waals surface area contributed by atoms with Gasteiger partial charge < -0.3 is 9.64 Å². The lowest BCUT2D eigenvalue weighted by Gasteiger charge is -2.35. The first-order valence-corrected chi connectivity index (χ1v) is 10.3. The second-order valence-electron chi connectivity index (χ2n) is 6.52. The molecule has 1 aromatic carbocycles. The third-order valence-electron chi connectivity index (χ3n) is 4.62. The van der Waals surface area contributed by atoms with Gasteiger partial charge in [-0.15, -0.1) is 0 Å². The number of hydrogen-bond acceptors (Lipinski definition) is 5. The normalized spacial score (nSPS) is 19.3. The van der Waals surface area contributed by atoms with E-state index in [-0.39, 0.29) is 24.0 Å². The summed E-state index contributed by atoms with van der Waals surface area (Å²) < 4.78 is 31.0. The van der Waals surface area contributed by atoms with E-state index in [0.29, 0.717) is 12.8 Å². The summed E-state index contributed by atoms with van der Waals surface area (Å²) in [4.78, 5) is 14.5.